The molecule has 0 atom stereocenters. The molecule has 2 aromatic carbocycles. The van der Waals surface area contributed by atoms with Crippen molar-refractivity contribution in [3.05, 3.63) is 60.7 Å². The molecule has 0 saturated carbocycles. The number of nitrogens with zero attached hydrogens (tertiary/aromatic N) is 2. The van der Waals surface area contributed by atoms with E-state index in [0.29, 0.717) is 0 Å². The minimum absolute atomic E-state index is 0.104. The van der Waals surface area contributed by atoms with Gasteiger partial charge in [-0.2, -0.15) is 0 Å². The second-order valence-corrected chi connectivity index (χ2v) is 5.26. The summed E-state index contributed by atoms with van der Waals surface area (Å²) in [6.45, 7) is 0. The molecule has 1 heterocycles. The van der Waals surface area contributed by atoms with Crippen molar-refractivity contribution in [3.8, 4) is 21.3 Å². The van der Waals surface area contributed by atoms with E-state index in [1.54, 1.807) is 0 Å². The van der Waals surface area contributed by atoms with E-state index in [0.717, 1.165) is 11.3 Å². The average Bonchev–Trinajstić information content (AvgIpc) is 2.90. The van der Waals surface area contributed by atoms with E-state index in [2.05, 4.69) is 45.6 Å². The van der Waals surface area contributed by atoms with Crippen molar-refractivity contribution in [2.24, 2.45) is 0 Å². The summed E-state index contributed by atoms with van der Waals surface area (Å²) in [7, 11) is 0. The molecule has 0 saturated heterocycles. The molecule has 0 radical (unpaired) electrons. The molecular formula is C14H10N2Se. The molecule has 0 unspecified atom stereocenters. The normalized spacial score (nSPS) is 10.4. The Hall–Kier alpha value is -1.70. The molecule has 3 aromatic rings. The van der Waals surface area contributed by atoms with Crippen molar-refractivity contribution in [3.63, 3.8) is 0 Å². The van der Waals surface area contributed by atoms with Gasteiger partial charge < -0.3 is 0 Å². The van der Waals surface area contributed by atoms with Gasteiger partial charge in [0.2, 0.25) is 0 Å². The summed E-state index contributed by atoms with van der Waals surface area (Å²) in [5, 5.41) is 4.30. The molecular weight excluding hydrogens is 275 g/mol. The van der Waals surface area contributed by atoms with Crippen molar-refractivity contribution in [1.29, 1.82) is 0 Å². The molecule has 0 aliphatic carbocycles. The molecule has 1 aromatic heterocycles. The number of hydrogen-bond acceptors (Lipinski definition) is 2. The van der Waals surface area contributed by atoms with Gasteiger partial charge in [0.15, 0.2) is 0 Å². The minimum atomic E-state index is 0.104. The molecule has 0 N–H and O–H groups in total. The first-order chi connectivity index (χ1) is 8.45. The van der Waals surface area contributed by atoms with Crippen LogP contribution in [-0.4, -0.2) is 23.9 Å². The fourth-order valence-corrected chi connectivity index (χ4v) is 3.20. The van der Waals surface area contributed by atoms with Crippen LogP contribution in [0.1, 0.15) is 0 Å². The van der Waals surface area contributed by atoms with Gasteiger partial charge >= 0.3 is 106 Å². The second kappa shape index (κ2) is 4.66. The fourth-order valence-electron chi connectivity index (χ4n) is 1.75. The molecule has 2 nitrogen and oxygen atoms in total. The zero-order valence-corrected chi connectivity index (χ0v) is 10.8. The Morgan fingerprint density at radius 3 is 1.94 bits per heavy atom. The van der Waals surface area contributed by atoms with Gasteiger partial charge in [0.1, 0.15) is 0 Å². The van der Waals surface area contributed by atoms with Crippen LogP contribution in [0, 0.1) is 0 Å². The van der Waals surface area contributed by atoms with Gasteiger partial charge in [0.25, 0.3) is 0 Å². The summed E-state index contributed by atoms with van der Waals surface area (Å²) < 4.78 is 5.48. The predicted octanol–water partition coefficient (Wildman–Crippen LogP) is 2.87. The third kappa shape index (κ3) is 2.07. The van der Waals surface area contributed by atoms with E-state index in [4.69, 9.17) is 0 Å². The van der Waals surface area contributed by atoms with Crippen LogP contribution < -0.4 is 0 Å². The van der Waals surface area contributed by atoms with Crippen molar-refractivity contribution >= 4 is 14.7 Å². The molecule has 0 aliphatic heterocycles. The second-order valence-electron chi connectivity index (χ2n) is 3.68. The summed E-state index contributed by atoms with van der Waals surface area (Å²) in [6.07, 6.45) is 0. The zero-order valence-electron chi connectivity index (χ0n) is 9.08. The Labute approximate surface area is 106 Å². The van der Waals surface area contributed by atoms with E-state index < -0.39 is 0 Å². The molecule has 0 amide bonds. The quantitative estimate of drug-likeness (QED) is 0.677. The topological polar surface area (TPSA) is 25.8 Å². The Morgan fingerprint density at radius 1 is 0.706 bits per heavy atom. The van der Waals surface area contributed by atoms with Gasteiger partial charge in [-0.15, -0.1) is 0 Å². The van der Waals surface area contributed by atoms with Crippen LogP contribution in [0.15, 0.2) is 60.7 Å². The van der Waals surface area contributed by atoms with Crippen molar-refractivity contribution in [1.82, 2.24) is 9.19 Å². The maximum atomic E-state index is 4.30. The number of aromatic nitrogens is 2. The molecule has 0 fully saturated rings. The van der Waals surface area contributed by atoms with Crippen LogP contribution in [-0.2, 0) is 0 Å². The number of benzene rings is 2. The monoisotopic (exact) mass is 286 g/mol. The summed E-state index contributed by atoms with van der Waals surface area (Å²) in [6, 6.07) is 20.6. The van der Waals surface area contributed by atoms with Gasteiger partial charge in [-0.25, -0.2) is 0 Å². The molecule has 3 rings (SSSR count). The summed E-state index contributed by atoms with van der Waals surface area (Å²) in [4.78, 5) is 0. The van der Waals surface area contributed by atoms with Crippen LogP contribution >= 0.6 is 0 Å². The van der Waals surface area contributed by atoms with Crippen LogP contribution in [0.3, 0.4) is 0 Å². The first-order valence-electron chi connectivity index (χ1n) is 5.38. The molecule has 17 heavy (non-hydrogen) atoms. The summed E-state index contributed by atoms with van der Waals surface area (Å²) in [5.74, 6) is 0. The van der Waals surface area contributed by atoms with Crippen molar-refractivity contribution in [2.75, 3.05) is 0 Å². The third-order valence-electron chi connectivity index (χ3n) is 2.57. The predicted molar refractivity (Wildman–Crippen MR) is 69.8 cm³/mol. The summed E-state index contributed by atoms with van der Waals surface area (Å²) in [5.41, 5.74) is 3.41. The Kier molecular flexibility index (Phi) is 2.86. The first-order valence-corrected chi connectivity index (χ1v) is 7.00. The van der Waals surface area contributed by atoms with Gasteiger partial charge in [-0.3, -0.25) is 0 Å². The van der Waals surface area contributed by atoms with Crippen LogP contribution in [0.2, 0.25) is 0 Å². The van der Waals surface area contributed by atoms with Gasteiger partial charge in [0, 0.05) is 0 Å². The maximum absolute atomic E-state index is 4.30. The molecule has 3 heteroatoms. The SMILES string of the molecule is c1ccc(-c2nn[se]c2-c2ccccc2)cc1. The summed E-state index contributed by atoms with van der Waals surface area (Å²) >= 11 is 0.104. The van der Waals surface area contributed by atoms with E-state index >= 15 is 0 Å². The van der Waals surface area contributed by atoms with Crippen LogP contribution in [0.25, 0.3) is 21.3 Å². The van der Waals surface area contributed by atoms with E-state index in [-0.39, 0.29) is 14.7 Å². The molecule has 82 valence electrons. The zero-order chi connectivity index (χ0) is 11.5. The fraction of sp³-hybridized carbons (Fsp3) is 0. The Balaban J connectivity index is 2.13. The third-order valence-corrected chi connectivity index (χ3v) is 4.20. The number of hydrogen-bond donors (Lipinski definition) is 0. The van der Waals surface area contributed by atoms with Gasteiger partial charge in [0.05, 0.1) is 0 Å². The van der Waals surface area contributed by atoms with E-state index in [1.807, 2.05) is 24.3 Å². The van der Waals surface area contributed by atoms with Crippen LogP contribution in [0.5, 0.6) is 0 Å². The molecule has 0 aliphatic rings. The average molecular weight is 285 g/mol. The first kappa shape index (κ1) is 10.5. The van der Waals surface area contributed by atoms with Crippen LogP contribution in [0.4, 0.5) is 0 Å². The number of rotatable bonds is 2. The van der Waals surface area contributed by atoms with Gasteiger partial charge in [-0.1, -0.05) is 0 Å². The molecule has 0 bridgehead atoms. The van der Waals surface area contributed by atoms with Crippen molar-refractivity contribution < 1.29 is 0 Å². The van der Waals surface area contributed by atoms with Gasteiger partial charge in [-0.05, 0) is 0 Å². The Bertz CT molecular complexity index is 548. The van der Waals surface area contributed by atoms with E-state index in [9.17, 15) is 0 Å². The Morgan fingerprint density at radius 2 is 1.29 bits per heavy atom. The standard InChI is InChI=1S/C14H10N2Se/c1-3-7-11(8-4-1)13-14(17-16-15-13)12-9-5-2-6-10-12/h1-10H. The molecule has 0 spiro atoms. The van der Waals surface area contributed by atoms with Crippen molar-refractivity contribution in [2.45, 2.75) is 0 Å². The van der Waals surface area contributed by atoms with E-state index in [1.165, 1.54) is 10.0 Å².